The number of carbonyl (C=O) groups excluding carboxylic acids is 1. The van der Waals surface area contributed by atoms with Crippen molar-refractivity contribution >= 4 is 6.29 Å². The van der Waals surface area contributed by atoms with Gasteiger partial charge in [-0.05, 0) is 67.1 Å². The first-order chi connectivity index (χ1) is 12.8. The monoisotopic (exact) mass is 386 g/mol. The Hall–Kier alpha value is -1.39. The molecule has 0 atom stereocenters. The van der Waals surface area contributed by atoms with Gasteiger partial charge < -0.3 is 0 Å². The number of halogens is 4. The molecule has 1 aromatic rings. The summed E-state index contributed by atoms with van der Waals surface area (Å²) in [5.41, 5.74) is 0.863. The molecule has 0 heterocycles. The van der Waals surface area contributed by atoms with E-state index in [1.54, 1.807) is 0 Å². The number of hydrogen-bond donors (Lipinski definition) is 0. The SMILES string of the molecule is CC1CCC(CCC2CCC(c3cc(F)cc(F)c3)CC2)CC1.O=C(F)F. The summed E-state index contributed by atoms with van der Waals surface area (Å²) in [6.45, 7) is 2.38. The van der Waals surface area contributed by atoms with Gasteiger partial charge in [-0.3, -0.25) is 0 Å². The van der Waals surface area contributed by atoms with Crippen LogP contribution >= 0.6 is 0 Å². The van der Waals surface area contributed by atoms with Crippen LogP contribution in [0, 0.1) is 29.4 Å². The van der Waals surface area contributed by atoms with E-state index in [-0.39, 0.29) is 0 Å². The van der Waals surface area contributed by atoms with Crippen molar-refractivity contribution in [2.45, 2.75) is 77.0 Å². The molecule has 5 heteroatoms. The summed E-state index contributed by atoms with van der Waals surface area (Å²) in [5.74, 6) is 2.22. The zero-order valence-corrected chi connectivity index (χ0v) is 16.0. The highest BCUT2D eigenvalue weighted by atomic mass is 19.3. The number of benzene rings is 1. The van der Waals surface area contributed by atoms with E-state index in [1.165, 1.54) is 63.5 Å². The second kappa shape index (κ2) is 10.8. The van der Waals surface area contributed by atoms with Crippen molar-refractivity contribution in [1.29, 1.82) is 0 Å². The molecule has 2 aliphatic rings. The zero-order chi connectivity index (χ0) is 19.8. The zero-order valence-electron chi connectivity index (χ0n) is 16.0. The molecule has 0 aromatic heterocycles. The van der Waals surface area contributed by atoms with Crippen LogP contribution in [0.15, 0.2) is 18.2 Å². The molecule has 152 valence electrons. The Bertz CT molecular complexity index is 564. The molecule has 3 rings (SSSR count). The van der Waals surface area contributed by atoms with Crippen LogP contribution in [-0.2, 0) is 0 Å². The summed E-state index contributed by atoms with van der Waals surface area (Å²) >= 11 is 0. The molecule has 0 aliphatic heterocycles. The van der Waals surface area contributed by atoms with Crippen LogP contribution in [0.25, 0.3) is 0 Å². The van der Waals surface area contributed by atoms with Crippen LogP contribution in [0.4, 0.5) is 22.4 Å². The van der Waals surface area contributed by atoms with Crippen molar-refractivity contribution in [3.8, 4) is 0 Å². The molecule has 0 unspecified atom stereocenters. The maximum atomic E-state index is 13.4. The Morgan fingerprint density at radius 1 is 0.815 bits per heavy atom. The normalized spacial score (nSPS) is 28.2. The van der Waals surface area contributed by atoms with Gasteiger partial charge in [-0.15, -0.1) is 8.78 Å². The van der Waals surface area contributed by atoms with Crippen molar-refractivity contribution in [1.82, 2.24) is 0 Å². The lowest BCUT2D eigenvalue weighted by Gasteiger charge is -2.31. The summed E-state index contributed by atoms with van der Waals surface area (Å²) in [7, 11) is 0. The third kappa shape index (κ3) is 8.02. The van der Waals surface area contributed by atoms with Crippen molar-refractivity contribution in [3.05, 3.63) is 35.4 Å². The highest BCUT2D eigenvalue weighted by Crippen LogP contribution is 2.39. The van der Waals surface area contributed by atoms with Crippen LogP contribution in [0.1, 0.15) is 82.6 Å². The Labute approximate surface area is 159 Å². The standard InChI is InChI=1S/C21H30F2.CF2O/c1-15-2-4-16(5-3-15)6-7-17-8-10-18(11-9-17)19-12-20(22)14-21(23)13-19;2-1(3)4/h12-18H,2-11H2,1H3;. The van der Waals surface area contributed by atoms with E-state index >= 15 is 0 Å². The Balaban J connectivity index is 0.000000596. The van der Waals surface area contributed by atoms with Gasteiger partial charge in [0.1, 0.15) is 11.6 Å². The van der Waals surface area contributed by atoms with Gasteiger partial charge in [0.25, 0.3) is 0 Å². The van der Waals surface area contributed by atoms with Crippen molar-refractivity contribution in [3.63, 3.8) is 0 Å². The summed E-state index contributed by atoms with van der Waals surface area (Å²) in [6, 6.07) is 4.02. The molecule has 2 fully saturated rings. The quantitative estimate of drug-likeness (QED) is 0.380. The number of carbonyl (C=O) groups is 1. The second-order valence-corrected chi connectivity index (χ2v) is 8.35. The number of rotatable bonds is 4. The van der Waals surface area contributed by atoms with Crippen LogP contribution < -0.4 is 0 Å². The van der Waals surface area contributed by atoms with Crippen molar-refractivity contribution in [2.24, 2.45) is 17.8 Å². The summed E-state index contributed by atoms with van der Waals surface area (Å²) in [5, 5.41) is 0. The third-order valence-electron chi connectivity index (χ3n) is 6.32. The highest BCUT2D eigenvalue weighted by Gasteiger charge is 2.25. The lowest BCUT2D eigenvalue weighted by molar-refractivity contribution is 0.199. The molecule has 1 nitrogen and oxygen atoms in total. The average molecular weight is 386 g/mol. The van der Waals surface area contributed by atoms with E-state index in [9.17, 15) is 17.6 Å². The van der Waals surface area contributed by atoms with Gasteiger partial charge in [0.2, 0.25) is 0 Å². The first-order valence-electron chi connectivity index (χ1n) is 10.1. The molecule has 0 amide bonds. The van der Waals surface area contributed by atoms with E-state index < -0.39 is 17.9 Å². The van der Waals surface area contributed by atoms with Crippen molar-refractivity contribution < 1.29 is 22.4 Å². The minimum atomic E-state index is -2.83. The van der Waals surface area contributed by atoms with Gasteiger partial charge in [-0.2, -0.15) is 0 Å². The van der Waals surface area contributed by atoms with E-state index in [0.717, 1.165) is 42.2 Å². The topological polar surface area (TPSA) is 17.1 Å². The van der Waals surface area contributed by atoms with Crippen LogP contribution in [-0.4, -0.2) is 6.29 Å². The van der Waals surface area contributed by atoms with Crippen LogP contribution in [0.3, 0.4) is 0 Å². The molecule has 0 radical (unpaired) electrons. The molecule has 0 N–H and O–H groups in total. The van der Waals surface area contributed by atoms with Gasteiger partial charge in [0.15, 0.2) is 0 Å². The minimum Gasteiger partial charge on any atom is -0.219 e. The molecular weight excluding hydrogens is 356 g/mol. The first kappa shape index (κ1) is 21.9. The fraction of sp³-hybridized carbons (Fsp3) is 0.682. The van der Waals surface area contributed by atoms with Gasteiger partial charge in [-0.1, -0.05) is 45.4 Å². The fourth-order valence-electron chi connectivity index (χ4n) is 4.68. The Kier molecular flexibility index (Phi) is 8.78. The molecule has 0 spiro atoms. The minimum absolute atomic E-state index is 0.354. The summed E-state index contributed by atoms with van der Waals surface area (Å²) in [6.07, 6.45) is 10.3. The maximum absolute atomic E-state index is 13.4. The van der Waals surface area contributed by atoms with E-state index in [1.807, 2.05) is 0 Å². The Morgan fingerprint density at radius 3 is 1.67 bits per heavy atom. The van der Waals surface area contributed by atoms with Gasteiger partial charge in [-0.25, -0.2) is 13.6 Å². The average Bonchev–Trinajstić information content (AvgIpc) is 2.60. The first-order valence-corrected chi connectivity index (χ1v) is 10.1. The predicted molar refractivity (Wildman–Crippen MR) is 99.0 cm³/mol. The van der Waals surface area contributed by atoms with Crippen LogP contribution in [0.2, 0.25) is 0 Å². The fourth-order valence-corrected chi connectivity index (χ4v) is 4.68. The molecule has 0 saturated heterocycles. The molecule has 2 saturated carbocycles. The van der Waals surface area contributed by atoms with E-state index in [0.29, 0.717) is 5.92 Å². The lowest BCUT2D eigenvalue weighted by Crippen LogP contribution is -2.17. The van der Waals surface area contributed by atoms with Crippen molar-refractivity contribution in [2.75, 3.05) is 0 Å². The smallest absolute Gasteiger partial charge is 0.219 e. The summed E-state index contributed by atoms with van der Waals surface area (Å²) < 4.78 is 46.1. The Morgan fingerprint density at radius 2 is 1.22 bits per heavy atom. The highest BCUT2D eigenvalue weighted by molar-refractivity contribution is 5.55. The van der Waals surface area contributed by atoms with Gasteiger partial charge in [0, 0.05) is 6.07 Å². The lowest BCUT2D eigenvalue weighted by atomic mass is 9.74. The van der Waals surface area contributed by atoms with Gasteiger partial charge >= 0.3 is 6.29 Å². The molecule has 27 heavy (non-hydrogen) atoms. The molecule has 1 aromatic carbocycles. The van der Waals surface area contributed by atoms with E-state index in [2.05, 4.69) is 6.92 Å². The number of hydrogen-bond acceptors (Lipinski definition) is 1. The van der Waals surface area contributed by atoms with E-state index in [4.69, 9.17) is 4.79 Å². The van der Waals surface area contributed by atoms with Crippen LogP contribution in [0.5, 0.6) is 0 Å². The third-order valence-corrected chi connectivity index (χ3v) is 6.32. The molecular formula is C22H30F4O. The van der Waals surface area contributed by atoms with Gasteiger partial charge in [0.05, 0.1) is 0 Å². The largest absolute Gasteiger partial charge is 0.483 e. The molecule has 2 aliphatic carbocycles. The second-order valence-electron chi connectivity index (χ2n) is 8.35. The maximum Gasteiger partial charge on any atom is 0.483 e. The molecule has 0 bridgehead atoms. The summed E-state index contributed by atoms with van der Waals surface area (Å²) in [4.78, 5) is 8.11. The predicted octanol–water partition coefficient (Wildman–Crippen LogP) is 7.89.